The highest BCUT2D eigenvalue weighted by molar-refractivity contribution is 5.91. The van der Waals surface area contributed by atoms with Crippen LogP contribution >= 0.6 is 0 Å². The van der Waals surface area contributed by atoms with Crippen LogP contribution in [-0.2, 0) is 30.5 Å². The molecule has 3 atom stereocenters. The molecule has 198 valence electrons. The van der Waals surface area contributed by atoms with E-state index in [9.17, 15) is 19.2 Å². The van der Waals surface area contributed by atoms with Crippen LogP contribution in [0.3, 0.4) is 0 Å². The minimum Gasteiger partial charge on any atom is -0.467 e. The van der Waals surface area contributed by atoms with Crippen LogP contribution < -0.4 is 16.0 Å². The lowest BCUT2D eigenvalue weighted by Crippen LogP contribution is -2.59. The molecule has 0 bridgehead atoms. The second kappa shape index (κ2) is 12.7. The molecular formula is C27H39N3O6. The summed E-state index contributed by atoms with van der Waals surface area (Å²) in [7, 11) is 1.25. The molecule has 3 amide bonds. The number of benzene rings is 1. The zero-order valence-corrected chi connectivity index (χ0v) is 21.5. The van der Waals surface area contributed by atoms with Crippen molar-refractivity contribution in [2.75, 3.05) is 13.7 Å². The number of ether oxygens (including phenoxy) is 2. The van der Waals surface area contributed by atoms with Gasteiger partial charge in [0.2, 0.25) is 11.8 Å². The summed E-state index contributed by atoms with van der Waals surface area (Å²) < 4.78 is 10.3. The number of esters is 1. The van der Waals surface area contributed by atoms with Gasteiger partial charge in [0.25, 0.3) is 0 Å². The lowest BCUT2D eigenvalue weighted by molar-refractivity contribution is -0.146. The Hall–Kier alpha value is -3.10. The molecule has 2 fully saturated rings. The van der Waals surface area contributed by atoms with Crippen molar-refractivity contribution in [1.29, 1.82) is 0 Å². The molecule has 36 heavy (non-hydrogen) atoms. The molecule has 1 heterocycles. The Morgan fingerprint density at radius 1 is 1.06 bits per heavy atom. The summed E-state index contributed by atoms with van der Waals surface area (Å²) in [5, 5.41) is 8.31. The van der Waals surface area contributed by atoms with Crippen LogP contribution in [0.25, 0.3) is 0 Å². The monoisotopic (exact) mass is 501 g/mol. The first-order chi connectivity index (χ1) is 17.2. The second-order valence-corrected chi connectivity index (χ2v) is 10.4. The number of methoxy groups -OCH3 is 1. The van der Waals surface area contributed by atoms with Crippen molar-refractivity contribution in [3.05, 3.63) is 35.9 Å². The Balaban J connectivity index is 1.75. The van der Waals surface area contributed by atoms with Gasteiger partial charge in [0.05, 0.1) is 7.11 Å². The topological polar surface area (TPSA) is 123 Å². The maximum atomic E-state index is 13.6. The van der Waals surface area contributed by atoms with Crippen molar-refractivity contribution in [3.8, 4) is 0 Å². The Morgan fingerprint density at radius 2 is 1.75 bits per heavy atom. The minimum atomic E-state index is -0.997. The van der Waals surface area contributed by atoms with Crippen LogP contribution in [0.5, 0.6) is 0 Å². The van der Waals surface area contributed by atoms with Gasteiger partial charge in [0, 0.05) is 12.5 Å². The molecule has 1 aromatic carbocycles. The molecule has 1 saturated carbocycles. The average Bonchev–Trinajstić information content (AvgIpc) is 3.30. The van der Waals surface area contributed by atoms with Gasteiger partial charge in [-0.3, -0.25) is 9.59 Å². The zero-order valence-electron chi connectivity index (χ0n) is 21.5. The number of carbonyl (C=O) groups is 4. The first-order valence-corrected chi connectivity index (χ1v) is 12.9. The minimum absolute atomic E-state index is 0.0758. The van der Waals surface area contributed by atoms with Gasteiger partial charge in [-0.1, -0.05) is 63.4 Å². The Bertz CT molecular complexity index is 913. The predicted octanol–water partition coefficient (Wildman–Crippen LogP) is 3.07. The molecule has 3 N–H and O–H groups in total. The van der Waals surface area contributed by atoms with Crippen LogP contribution in [0.15, 0.2) is 30.3 Å². The van der Waals surface area contributed by atoms with Crippen molar-refractivity contribution in [1.82, 2.24) is 16.0 Å². The summed E-state index contributed by atoms with van der Waals surface area (Å²) in [5.74, 6) is -1.42. The van der Waals surface area contributed by atoms with Crippen molar-refractivity contribution >= 4 is 23.9 Å². The largest absolute Gasteiger partial charge is 0.467 e. The first-order valence-electron chi connectivity index (χ1n) is 12.9. The third kappa shape index (κ3) is 7.21. The van der Waals surface area contributed by atoms with Gasteiger partial charge in [-0.2, -0.15) is 0 Å². The van der Waals surface area contributed by atoms with Crippen molar-refractivity contribution in [2.45, 2.75) is 77.5 Å². The highest BCUT2D eigenvalue weighted by Crippen LogP contribution is 2.41. The van der Waals surface area contributed by atoms with Gasteiger partial charge in [0.15, 0.2) is 0 Å². The van der Waals surface area contributed by atoms with E-state index >= 15 is 0 Å². The Labute approximate surface area is 213 Å². The summed E-state index contributed by atoms with van der Waals surface area (Å²) in [4.78, 5) is 51.0. The second-order valence-electron chi connectivity index (χ2n) is 10.4. The number of alkyl carbamates (subject to hydrolysis) is 1. The summed E-state index contributed by atoms with van der Waals surface area (Å²) in [5.41, 5.74) is 0.239. The van der Waals surface area contributed by atoms with E-state index in [-0.39, 0.29) is 30.8 Å². The summed E-state index contributed by atoms with van der Waals surface area (Å²) in [6, 6.07) is 7.36. The normalized spacial score (nSPS) is 20.1. The number of rotatable bonds is 10. The molecule has 1 aromatic rings. The first kappa shape index (κ1) is 27.5. The quantitative estimate of drug-likeness (QED) is 0.424. The van der Waals surface area contributed by atoms with Crippen LogP contribution in [0.1, 0.15) is 64.4 Å². The third-order valence-electron chi connectivity index (χ3n) is 7.62. The van der Waals surface area contributed by atoms with E-state index in [0.717, 1.165) is 37.7 Å². The number of amides is 3. The maximum absolute atomic E-state index is 13.6. The van der Waals surface area contributed by atoms with E-state index in [4.69, 9.17) is 9.47 Å². The van der Waals surface area contributed by atoms with E-state index in [0.29, 0.717) is 13.0 Å². The molecule has 2 aliphatic rings. The van der Waals surface area contributed by atoms with Gasteiger partial charge in [0.1, 0.15) is 18.7 Å². The van der Waals surface area contributed by atoms with Gasteiger partial charge in [-0.05, 0) is 42.6 Å². The Kier molecular flexibility index (Phi) is 9.73. The smallest absolute Gasteiger partial charge is 0.408 e. The van der Waals surface area contributed by atoms with E-state index in [2.05, 4.69) is 16.0 Å². The van der Waals surface area contributed by atoms with Crippen molar-refractivity contribution in [2.24, 2.45) is 17.3 Å². The van der Waals surface area contributed by atoms with Crippen LogP contribution in [-0.4, -0.2) is 49.6 Å². The summed E-state index contributed by atoms with van der Waals surface area (Å²) >= 11 is 0. The van der Waals surface area contributed by atoms with Gasteiger partial charge in [-0.25, -0.2) is 9.59 Å². The fourth-order valence-corrected chi connectivity index (χ4v) is 5.32. The predicted molar refractivity (Wildman–Crippen MR) is 134 cm³/mol. The Morgan fingerprint density at radius 3 is 2.36 bits per heavy atom. The van der Waals surface area contributed by atoms with Gasteiger partial charge < -0.3 is 25.4 Å². The molecule has 0 spiro atoms. The maximum Gasteiger partial charge on any atom is 0.408 e. The number of carbonyl (C=O) groups excluding carboxylic acids is 4. The zero-order chi connectivity index (χ0) is 26.1. The molecule has 1 unspecified atom stereocenters. The SMILES string of the molecule is COC(=O)[C@H](C[C@@H]1CCNC1=O)NC(=O)C(NC(=O)OCc1ccccc1)C(C)(C)C1CCCCC1. The van der Waals surface area contributed by atoms with E-state index in [1.165, 1.54) is 7.11 Å². The van der Waals surface area contributed by atoms with Gasteiger partial charge in [-0.15, -0.1) is 0 Å². The molecule has 9 heteroatoms. The highest BCUT2D eigenvalue weighted by Gasteiger charge is 2.44. The number of hydrogen-bond acceptors (Lipinski definition) is 6. The third-order valence-corrected chi connectivity index (χ3v) is 7.62. The lowest BCUT2D eigenvalue weighted by atomic mass is 9.66. The van der Waals surface area contributed by atoms with Crippen molar-refractivity contribution in [3.63, 3.8) is 0 Å². The molecule has 1 aliphatic heterocycles. The molecule has 1 saturated heterocycles. The number of hydrogen-bond donors (Lipinski definition) is 3. The summed E-state index contributed by atoms with van der Waals surface area (Å²) in [6.07, 6.45) is 5.24. The highest BCUT2D eigenvalue weighted by atomic mass is 16.5. The molecule has 9 nitrogen and oxygen atoms in total. The van der Waals surface area contributed by atoms with Crippen LogP contribution in [0.2, 0.25) is 0 Å². The molecule has 0 radical (unpaired) electrons. The number of nitrogens with one attached hydrogen (secondary N) is 3. The van der Waals surface area contributed by atoms with Crippen LogP contribution in [0, 0.1) is 17.3 Å². The van der Waals surface area contributed by atoms with Crippen molar-refractivity contribution < 1.29 is 28.7 Å². The lowest BCUT2D eigenvalue weighted by Gasteiger charge is -2.42. The molecule has 1 aliphatic carbocycles. The molecular weight excluding hydrogens is 462 g/mol. The summed E-state index contributed by atoms with van der Waals surface area (Å²) in [6.45, 7) is 4.56. The fourth-order valence-electron chi connectivity index (χ4n) is 5.32. The van der Waals surface area contributed by atoms with E-state index in [1.807, 2.05) is 44.2 Å². The standard InChI is InChI=1S/C27H39N3O6/c1-27(2,20-12-8-5-9-13-20)22(30-26(34)36-17-18-10-6-4-7-11-18)24(32)29-21(25(33)35-3)16-19-14-15-28-23(19)31/h4,6-7,10-11,19-22H,5,8-9,12-17H2,1-3H3,(H,28,31)(H,29,32)(H,30,34)/t19-,21-,22?/m0/s1. The fraction of sp³-hybridized carbons (Fsp3) is 0.630. The average molecular weight is 502 g/mol. The molecule has 0 aromatic heterocycles. The van der Waals surface area contributed by atoms with E-state index < -0.39 is 35.5 Å². The van der Waals surface area contributed by atoms with Crippen LogP contribution in [0.4, 0.5) is 4.79 Å². The van der Waals surface area contributed by atoms with Gasteiger partial charge >= 0.3 is 12.1 Å². The van der Waals surface area contributed by atoms with E-state index in [1.54, 1.807) is 0 Å². The molecule has 3 rings (SSSR count).